The second kappa shape index (κ2) is 7.43. The third-order valence-corrected chi connectivity index (χ3v) is 8.80. The van der Waals surface area contributed by atoms with Crippen molar-refractivity contribution in [1.82, 2.24) is 0 Å². The van der Waals surface area contributed by atoms with Gasteiger partial charge in [-0.1, -0.05) is 6.42 Å². The van der Waals surface area contributed by atoms with Crippen molar-refractivity contribution in [2.24, 2.45) is 23.2 Å². The van der Waals surface area contributed by atoms with E-state index in [1.807, 2.05) is 0 Å². The zero-order valence-electron chi connectivity index (χ0n) is 16.8. The highest BCUT2D eigenvalue weighted by Crippen LogP contribution is 2.60. The number of hydrogen-bond donors (Lipinski definition) is 1. The molecule has 154 valence electrons. The number of esters is 1. The molecule has 0 saturated heterocycles. The van der Waals surface area contributed by atoms with E-state index in [9.17, 15) is 14.9 Å². The van der Waals surface area contributed by atoms with Gasteiger partial charge in [-0.25, -0.2) is 0 Å². The Morgan fingerprint density at radius 2 is 1.72 bits per heavy atom. The first-order valence-electron chi connectivity index (χ1n) is 11.1. The molecule has 5 aliphatic carbocycles. The Hall–Kier alpha value is -1.87. The van der Waals surface area contributed by atoms with Gasteiger partial charge in [0.1, 0.15) is 11.1 Å². The summed E-state index contributed by atoms with van der Waals surface area (Å²) in [7, 11) is 0. The summed E-state index contributed by atoms with van der Waals surface area (Å²) < 4.78 is 5.53. The number of nitrogens with one attached hydrogen (secondary N) is 1. The Balaban J connectivity index is 1.22. The number of aryl methyl sites for hydroxylation is 1. The fourth-order valence-corrected chi connectivity index (χ4v) is 8.01. The lowest BCUT2D eigenvalue weighted by molar-refractivity contribution is -0.172. The van der Waals surface area contributed by atoms with Crippen LogP contribution >= 0.6 is 11.3 Å². The Morgan fingerprint density at radius 3 is 2.38 bits per heavy atom. The van der Waals surface area contributed by atoms with Gasteiger partial charge in [-0.3, -0.25) is 9.59 Å². The van der Waals surface area contributed by atoms with E-state index >= 15 is 0 Å². The average Bonchev–Trinajstić information content (AvgIpc) is 2.84. The molecular weight excluding hydrogens is 384 g/mol. The summed E-state index contributed by atoms with van der Waals surface area (Å²) in [4.78, 5) is 26.6. The van der Waals surface area contributed by atoms with Gasteiger partial charge in [-0.15, -0.1) is 11.3 Å². The van der Waals surface area contributed by atoms with Gasteiger partial charge < -0.3 is 10.1 Å². The minimum absolute atomic E-state index is 0.172. The van der Waals surface area contributed by atoms with Crippen molar-refractivity contribution in [3.8, 4) is 6.07 Å². The van der Waals surface area contributed by atoms with Gasteiger partial charge in [0.2, 0.25) is 0 Å². The molecule has 4 bridgehead atoms. The molecule has 1 heterocycles. The molecule has 5 aliphatic rings. The topological polar surface area (TPSA) is 79.2 Å². The zero-order chi connectivity index (χ0) is 20.0. The van der Waals surface area contributed by atoms with Crippen LogP contribution in [0.5, 0.6) is 0 Å². The molecule has 1 amide bonds. The van der Waals surface area contributed by atoms with Crippen molar-refractivity contribution in [3.05, 3.63) is 16.0 Å². The molecule has 5 nitrogen and oxygen atoms in total. The van der Waals surface area contributed by atoms with Crippen molar-refractivity contribution in [3.63, 3.8) is 0 Å². The normalized spacial score (nSPS) is 32.2. The molecule has 1 N–H and O–H groups in total. The Kier molecular flexibility index (Phi) is 4.90. The minimum atomic E-state index is -0.340. The fraction of sp³-hybridized carbons (Fsp3) is 0.696. The van der Waals surface area contributed by atoms with Crippen LogP contribution in [0.2, 0.25) is 0 Å². The lowest BCUT2D eigenvalue weighted by atomic mass is 9.49. The number of carbonyl (C=O) groups is 2. The highest BCUT2D eigenvalue weighted by molar-refractivity contribution is 7.16. The third kappa shape index (κ3) is 3.48. The molecule has 0 atom stereocenters. The maximum Gasteiger partial charge on any atom is 0.312 e. The van der Waals surface area contributed by atoms with Crippen LogP contribution in [0.1, 0.15) is 73.8 Å². The molecule has 1 aromatic heterocycles. The van der Waals surface area contributed by atoms with Gasteiger partial charge in [0.15, 0.2) is 6.61 Å². The first-order valence-corrected chi connectivity index (χ1v) is 11.9. The molecule has 0 aliphatic heterocycles. The predicted octanol–water partition coefficient (Wildman–Crippen LogP) is 4.59. The van der Waals surface area contributed by atoms with Gasteiger partial charge in [-0.05, 0) is 87.5 Å². The highest BCUT2D eigenvalue weighted by Gasteiger charge is 2.55. The molecule has 4 fully saturated rings. The highest BCUT2D eigenvalue weighted by atomic mass is 32.1. The first kappa shape index (κ1) is 19.1. The number of hydrogen-bond acceptors (Lipinski definition) is 5. The maximum absolute atomic E-state index is 12.9. The van der Waals surface area contributed by atoms with E-state index in [2.05, 4.69) is 11.4 Å². The molecule has 1 aromatic rings. The number of rotatable bonds is 4. The van der Waals surface area contributed by atoms with Crippen LogP contribution in [0.15, 0.2) is 0 Å². The first-order chi connectivity index (χ1) is 14.1. The number of carbonyl (C=O) groups excluding carboxylic acids is 2. The molecule has 0 unspecified atom stereocenters. The fourth-order valence-electron chi connectivity index (χ4n) is 6.76. The van der Waals surface area contributed by atoms with Crippen LogP contribution in [0.25, 0.3) is 0 Å². The second-order valence-corrected chi connectivity index (χ2v) is 10.8. The van der Waals surface area contributed by atoms with Crippen LogP contribution in [-0.4, -0.2) is 18.5 Å². The summed E-state index contributed by atoms with van der Waals surface area (Å²) in [5.74, 6) is 1.50. The van der Waals surface area contributed by atoms with Crippen molar-refractivity contribution in [2.45, 2.75) is 70.6 Å². The van der Waals surface area contributed by atoms with Crippen LogP contribution in [0.3, 0.4) is 0 Å². The van der Waals surface area contributed by atoms with Crippen molar-refractivity contribution in [1.29, 1.82) is 5.26 Å². The summed E-state index contributed by atoms with van der Waals surface area (Å²) in [6.45, 7) is -0.256. The van der Waals surface area contributed by atoms with Gasteiger partial charge in [0.05, 0.1) is 11.0 Å². The van der Waals surface area contributed by atoms with Gasteiger partial charge >= 0.3 is 5.97 Å². The number of ether oxygens (including phenoxy) is 1. The number of anilines is 1. The Bertz CT molecular complexity index is 846. The number of thiophene rings is 1. The van der Waals surface area contributed by atoms with E-state index in [1.165, 1.54) is 41.9 Å². The molecule has 6 heteroatoms. The molecule has 4 saturated carbocycles. The molecule has 0 radical (unpaired) electrons. The van der Waals surface area contributed by atoms with Crippen LogP contribution in [0, 0.1) is 34.5 Å². The Morgan fingerprint density at radius 1 is 1.07 bits per heavy atom. The summed E-state index contributed by atoms with van der Waals surface area (Å²) >= 11 is 1.51. The molecule has 0 spiro atoms. The maximum atomic E-state index is 12.9. The molecule has 6 rings (SSSR count). The zero-order valence-corrected chi connectivity index (χ0v) is 17.6. The Labute approximate surface area is 175 Å². The number of nitriles is 1. The molecular formula is C23H28N2O3S. The number of nitrogens with zero attached hydrogens (tertiary/aromatic N) is 1. The smallest absolute Gasteiger partial charge is 0.312 e. The quantitative estimate of drug-likeness (QED) is 0.580. The van der Waals surface area contributed by atoms with Gasteiger partial charge in [-0.2, -0.15) is 5.26 Å². The summed E-state index contributed by atoms with van der Waals surface area (Å²) in [5, 5.41) is 13.1. The number of fused-ring (bicyclic) bond motifs is 1. The van der Waals surface area contributed by atoms with Crippen LogP contribution in [0.4, 0.5) is 5.00 Å². The largest absolute Gasteiger partial charge is 0.455 e. The average molecular weight is 413 g/mol. The monoisotopic (exact) mass is 412 g/mol. The van der Waals surface area contributed by atoms with Crippen molar-refractivity contribution >= 4 is 28.2 Å². The minimum Gasteiger partial charge on any atom is -0.455 e. The van der Waals surface area contributed by atoms with E-state index in [1.54, 1.807) is 0 Å². The van der Waals surface area contributed by atoms with Crippen LogP contribution in [-0.2, 0) is 27.2 Å². The lowest BCUT2D eigenvalue weighted by Gasteiger charge is -2.55. The lowest BCUT2D eigenvalue weighted by Crippen LogP contribution is -2.50. The SMILES string of the molecule is N#Cc1c(NC(=O)COC(=O)C23CC4CC(CC(C4)C2)C3)sc2c1CCCCC2. The van der Waals surface area contributed by atoms with Crippen molar-refractivity contribution < 1.29 is 14.3 Å². The van der Waals surface area contributed by atoms with Gasteiger partial charge in [0.25, 0.3) is 5.91 Å². The number of amides is 1. The van der Waals surface area contributed by atoms with E-state index in [-0.39, 0.29) is 23.9 Å². The predicted molar refractivity (Wildman–Crippen MR) is 110 cm³/mol. The third-order valence-electron chi connectivity index (χ3n) is 7.59. The van der Waals surface area contributed by atoms with E-state index in [0.717, 1.165) is 50.5 Å². The summed E-state index contributed by atoms with van der Waals surface area (Å²) in [6.07, 6.45) is 11.9. The van der Waals surface area contributed by atoms with E-state index < -0.39 is 0 Å². The van der Waals surface area contributed by atoms with E-state index in [0.29, 0.717) is 28.3 Å². The molecule has 0 aromatic carbocycles. The molecule has 29 heavy (non-hydrogen) atoms. The van der Waals surface area contributed by atoms with Crippen molar-refractivity contribution in [2.75, 3.05) is 11.9 Å². The van der Waals surface area contributed by atoms with Gasteiger partial charge in [0, 0.05) is 4.88 Å². The summed E-state index contributed by atoms with van der Waals surface area (Å²) in [6, 6.07) is 2.28. The van der Waals surface area contributed by atoms with Crippen LogP contribution < -0.4 is 5.32 Å². The second-order valence-electron chi connectivity index (χ2n) is 9.70. The van der Waals surface area contributed by atoms with E-state index in [4.69, 9.17) is 4.74 Å². The summed E-state index contributed by atoms with van der Waals surface area (Å²) in [5.41, 5.74) is 1.37. The standard InChI is InChI=1S/C23H28N2O3S/c24-12-18-17-4-2-1-3-5-19(17)29-21(18)25-20(26)13-28-22(27)23-9-14-6-15(10-23)8-16(7-14)11-23/h14-16H,1-11,13H2,(H,25,26).